The van der Waals surface area contributed by atoms with Gasteiger partial charge in [0.05, 0.1) is 4.92 Å². The number of benzene rings is 1. The standard InChI is InChI=1S/C22H35NO6/c1-4-7-10-13-16-17(14-11-8-5-2)19(23(27)28)20(24)21(29-22(25)26)18(16)15-12-9-6-3/h24H,4-15H2,1-3H3,(H,25,26). The molecule has 29 heavy (non-hydrogen) atoms. The number of phenolic OH excluding ortho intramolecular Hbond substituents is 1. The van der Waals surface area contributed by atoms with Gasteiger partial charge in [0.25, 0.3) is 0 Å². The number of nitro benzene ring substituents is 1. The van der Waals surface area contributed by atoms with E-state index in [1.165, 1.54) is 0 Å². The highest BCUT2D eigenvalue weighted by Crippen LogP contribution is 2.46. The van der Waals surface area contributed by atoms with Crippen LogP contribution < -0.4 is 4.74 Å². The third-order valence-corrected chi connectivity index (χ3v) is 5.19. The summed E-state index contributed by atoms with van der Waals surface area (Å²) in [6.07, 6.45) is 8.35. The van der Waals surface area contributed by atoms with Crippen molar-refractivity contribution >= 4 is 11.8 Å². The Morgan fingerprint density at radius 2 is 1.31 bits per heavy atom. The maximum Gasteiger partial charge on any atom is 0.511 e. The molecular formula is C22H35NO6. The van der Waals surface area contributed by atoms with Gasteiger partial charge >= 0.3 is 11.8 Å². The quantitative estimate of drug-likeness (QED) is 0.118. The van der Waals surface area contributed by atoms with Crippen LogP contribution in [0.3, 0.4) is 0 Å². The molecule has 1 aromatic rings. The van der Waals surface area contributed by atoms with Crippen molar-refractivity contribution in [1.29, 1.82) is 0 Å². The molecule has 0 atom stereocenters. The summed E-state index contributed by atoms with van der Waals surface area (Å²) in [4.78, 5) is 22.5. The number of aromatic hydroxyl groups is 1. The van der Waals surface area contributed by atoms with Gasteiger partial charge in [0.15, 0.2) is 5.75 Å². The molecule has 0 aromatic heterocycles. The predicted octanol–water partition coefficient (Wildman–Crippen LogP) is 6.56. The summed E-state index contributed by atoms with van der Waals surface area (Å²) in [6.45, 7) is 6.22. The normalized spacial score (nSPS) is 10.9. The van der Waals surface area contributed by atoms with Gasteiger partial charge in [-0.3, -0.25) is 10.1 Å². The van der Waals surface area contributed by atoms with Gasteiger partial charge in [-0.15, -0.1) is 0 Å². The average molecular weight is 410 g/mol. The average Bonchev–Trinajstić information content (AvgIpc) is 2.66. The lowest BCUT2D eigenvalue weighted by Crippen LogP contribution is -2.12. The van der Waals surface area contributed by atoms with Crippen LogP contribution in [0.1, 0.15) is 95.2 Å². The second-order valence-corrected chi connectivity index (χ2v) is 7.46. The Hall–Kier alpha value is -2.31. The van der Waals surface area contributed by atoms with Crippen molar-refractivity contribution in [1.82, 2.24) is 0 Å². The van der Waals surface area contributed by atoms with Gasteiger partial charge in [-0.1, -0.05) is 59.3 Å². The van der Waals surface area contributed by atoms with E-state index in [-0.39, 0.29) is 5.75 Å². The van der Waals surface area contributed by atoms with Crippen LogP contribution >= 0.6 is 0 Å². The zero-order valence-corrected chi connectivity index (χ0v) is 18.0. The molecule has 7 nitrogen and oxygen atoms in total. The fourth-order valence-electron chi connectivity index (χ4n) is 3.74. The molecule has 0 aliphatic carbocycles. The molecule has 2 N–H and O–H groups in total. The second kappa shape index (κ2) is 13.0. The molecule has 0 saturated carbocycles. The molecule has 0 saturated heterocycles. The summed E-state index contributed by atoms with van der Waals surface area (Å²) in [5.74, 6) is -0.916. The number of rotatable bonds is 14. The van der Waals surface area contributed by atoms with Gasteiger partial charge in [0.1, 0.15) is 0 Å². The Balaban J connectivity index is 3.64. The van der Waals surface area contributed by atoms with Crippen molar-refractivity contribution < 1.29 is 24.7 Å². The number of carbonyl (C=O) groups is 1. The van der Waals surface area contributed by atoms with Gasteiger partial charge < -0.3 is 14.9 Å². The van der Waals surface area contributed by atoms with Crippen molar-refractivity contribution in [3.8, 4) is 11.5 Å². The molecule has 0 bridgehead atoms. The molecule has 0 amide bonds. The number of unbranched alkanes of at least 4 members (excludes halogenated alkanes) is 6. The lowest BCUT2D eigenvalue weighted by molar-refractivity contribution is -0.386. The Labute approximate surface area is 173 Å². The number of nitro groups is 1. The summed E-state index contributed by atoms with van der Waals surface area (Å²) >= 11 is 0. The number of nitrogens with zero attached hydrogens (tertiary/aromatic N) is 1. The maximum absolute atomic E-state index is 11.8. The smallest absolute Gasteiger partial charge is 0.499 e. The Morgan fingerprint density at radius 3 is 1.72 bits per heavy atom. The molecule has 0 fully saturated rings. The molecule has 0 radical (unpaired) electrons. The van der Waals surface area contributed by atoms with E-state index < -0.39 is 22.5 Å². The van der Waals surface area contributed by atoms with Crippen LogP contribution in [0.15, 0.2) is 0 Å². The fourth-order valence-corrected chi connectivity index (χ4v) is 3.74. The van der Waals surface area contributed by atoms with Crippen molar-refractivity contribution in [3.05, 3.63) is 26.8 Å². The van der Waals surface area contributed by atoms with Crippen molar-refractivity contribution in [2.75, 3.05) is 0 Å². The van der Waals surface area contributed by atoms with Gasteiger partial charge in [-0.2, -0.15) is 0 Å². The Kier molecular flexibility index (Phi) is 11.1. The maximum atomic E-state index is 11.8. The highest BCUT2D eigenvalue weighted by Gasteiger charge is 2.32. The van der Waals surface area contributed by atoms with Gasteiger partial charge in [-0.05, 0) is 44.1 Å². The molecule has 7 heteroatoms. The van der Waals surface area contributed by atoms with E-state index in [1.54, 1.807) is 0 Å². The van der Waals surface area contributed by atoms with E-state index in [1.807, 2.05) is 0 Å². The van der Waals surface area contributed by atoms with E-state index in [4.69, 9.17) is 9.84 Å². The molecule has 0 unspecified atom stereocenters. The summed E-state index contributed by atoms with van der Waals surface area (Å²) in [7, 11) is 0. The molecule has 0 aliphatic heterocycles. The third-order valence-electron chi connectivity index (χ3n) is 5.19. The van der Waals surface area contributed by atoms with E-state index in [0.29, 0.717) is 30.4 Å². The number of hydrogen-bond donors (Lipinski definition) is 2. The first-order chi connectivity index (χ1) is 13.9. The highest BCUT2D eigenvalue weighted by molar-refractivity contribution is 5.72. The number of ether oxygens (including phenoxy) is 1. The molecule has 0 spiro atoms. The number of carboxylic acid groups (broad SMARTS) is 1. The minimum Gasteiger partial charge on any atom is -0.499 e. The van der Waals surface area contributed by atoms with E-state index in [2.05, 4.69) is 20.8 Å². The molecule has 1 aromatic carbocycles. The monoisotopic (exact) mass is 409 g/mol. The van der Waals surface area contributed by atoms with Crippen molar-refractivity contribution in [3.63, 3.8) is 0 Å². The largest absolute Gasteiger partial charge is 0.511 e. The van der Waals surface area contributed by atoms with E-state index >= 15 is 0 Å². The van der Waals surface area contributed by atoms with E-state index in [9.17, 15) is 20.0 Å². The zero-order valence-electron chi connectivity index (χ0n) is 18.0. The van der Waals surface area contributed by atoms with Crippen LogP contribution in [0.4, 0.5) is 10.5 Å². The SMILES string of the molecule is CCCCCc1c(CCCCC)c(OC(=O)O)c(O)c([N+](=O)[O-])c1CCCCC. The van der Waals surface area contributed by atoms with Gasteiger partial charge in [0, 0.05) is 11.1 Å². The first kappa shape index (κ1) is 24.7. The Morgan fingerprint density at radius 1 is 0.862 bits per heavy atom. The molecule has 1 rings (SSSR count). The van der Waals surface area contributed by atoms with E-state index in [0.717, 1.165) is 63.4 Å². The third kappa shape index (κ3) is 7.22. The lowest BCUT2D eigenvalue weighted by Gasteiger charge is -2.20. The second-order valence-electron chi connectivity index (χ2n) is 7.46. The van der Waals surface area contributed by atoms with Gasteiger partial charge in [-0.25, -0.2) is 4.79 Å². The van der Waals surface area contributed by atoms with Crippen LogP contribution in [0.25, 0.3) is 0 Å². The summed E-state index contributed by atoms with van der Waals surface area (Å²) < 4.78 is 4.89. The minimum absolute atomic E-state index is 0.258. The molecule has 0 heterocycles. The summed E-state index contributed by atoms with van der Waals surface area (Å²) in [5, 5.41) is 31.6. The van der Waals surface area contributed by atoms with Crippen LogP contribution in [0.5, 0.6) is 11.5 Å². The lowest BCUT2D eigenvalue weighted by atomic mass is 9.88. The first-order valence-corrected chi connectivity index (χ1v) is 10.8. The number of hydrogen-bond acceptors (Lipinski definition) is 5. The summed E-state index contributed by atoms with van der Waals surface area (Å²) in [6, 6.07) is 0. The van der Waals surface area contributed by atoms with Gasteiger partial charge in [0.2, 0.25) is 5.75 Å². The molecule has 164 valence electrons. The minimum atomic E-state index is -1.58. The topological polar surface area (TPSA) is 110 Å². The van der Waals surface area contributed by atoms with Crippen LogP contribution in [0, 0.1) is 10.1 Å². The van der Waals surface area contributed by atoms with Crippen molar-refractivity contribution in [2.24, 2.45) is 0 Å². The first-order valence-electron chi connectivity index (χ1n) is 10.8. The zero-order chi connectivity index (χ0) is 21.8. The molecule has 0 aliphatic rings. The van der Waals surface area contributed by atoms with Crippen molar-refractivity contribution in [2.45, 2.75) is 97.8 Å². The summed E-state index contributed by atoms with van der Waals surface area (Å²) in [5.41, 5.74) is 1.56. The predicted molar refractivity (Wildman–Crippen MR) is 113 cm³/mol. The fraction of sp³-hybridized carbons (Fsp3) is 0.682. The molecular weight excluding hydrogens is 374 g/mol. The van der Waals surface area contributed by atoms with Crippen LogP contribution in [0.2, 0.25) is 0 Å². The number of phenols is 1. The Bertz CT molecular complexity index is 687. The highest BCUT2D eigenvalue weighted by atomic mass is 16.7. The van der Waals surface area contributed by atoms with Crippen LogP contribution in [-0.4, -0.2) is 21.3 Å². The van der Waals surface area contributed by atoms with Crippen LogP contribution in [-0.2, 0) is 19.3 Å².